The van der Waals surface area contributed by atoms with Gasteiger partial charge in [0, 0.05) is 36.5 Å². The molecule has 2 aromatic heterocycles. The van der Waals surface area contributed by atoms with E-state index in [-0.39, 0.29) is 0 Å². The molecule has 0 aliphatic carbocycles. The topological polar surface area (TPSA) is 58.9 Å². The zero-order chi connectivity index (χ0) is 18.5. The second kappa shape index (κ2) is 5.98. The summed E-state index contributed by atoms with van der Waals surface area (Å²) < 4.78 is 2.00. The highest BCUT2D eigenvalue weighted by Crippen LogP contribution is 2.34. The van der Waals surface area contributed by atoms with Gasteiger partial charge in [0.2, 0.25) is 0 Å². The van der Waals surface area contributed by atoms with E-state index < -0.39 is 0 Å². The molecule has 0 bridgehead atoms. The molecule has 5 nitrogen and oxygen atoms in total. The van der Waals surface area contributed by atoms with E-state index in [1.54, 1.807) is 0 Å². The van der Waals surface area contributed by atoms with E-state index in [9.17, 15) is 0 Å². The summed E-state index contributed by atoms with van der Waals surface area (Å²) in [6.45, 7) is 8.62. The van der Waals surface area contributed by atoms with Crippen molar-refractivity contribution in [1.29, 1.82) is 0 Å². The number of hydrogen-bond donors (Lipinski definition) is 1. The number of aromatic nitrogens is 2. The Morgan fingerprint density at radius 1 is 1.11 bits per heavy atom. The van der Waals surface area contributed by atoms with Crippen molar-refractivity contribution in [3.05, 3.63) is 59.9 Å². The largest absolute Gasteiger partial charge is 0.387 e. The van der Waals surface area contributed by atoms with Gasteiger partial charge < -0.3 is 10.6 Å². The lowest BCUT2D eigenvalue weighted by Gasteiger charge is -2.19. The Morgan fingerprint density at radius 3 is 2.74 bits per heavy atom. The van der Waals surface area contributed by atoms with Crippen molar-refractivity contribution in [2.75, 3.05) is 13.1 Å². The quantitative estimate of drug-likeness (QED) is 0.773. The number of rotatable bonds is 3. The first kappa shape index (κ1) is 16.1. The molecule has 27 heavy (non-hydrogen) atoms. The highest BCUT2D eigenvalue weighted by atomic mass is 15.2. The first-order valence-corrected chi connectivity index (χ1v) is 9.49. The second-order valence-corrected chi connectivity index (χ2v) is 7.50. The molecule has 0 amide bonds. The summed E-state index contributed by atoms with van der Waals surface area (Å²) in [5.74, 6) is 0.689. The molecule has 5 heteroatoms. The number of nitrogens with zero attached hydrogens (tertiary/aromatic N) is 4. The van der Waals surface area contributed by atoms with Gasteiger partial charge in [-0.15, -0.1) is 0 Å². The Bertz CT molecular complexity index is 1100. The van der Waals surface area contributed by atoms with Crippen LogP contribution < -0.4 is 5.73 Å². The summed E-state index contributed by atoms with van der Waals surface area (Å²) in [6, 6.07) is 10.8. The zero-order valence-corrected chi connectivity index (χ0v) is 15.6. The van der Waals surface area contributed by atoms with Gasteiger partial charge in [-0.1, -0.05) is 18.7 Å². The van der Waals surface area contributed by atoms with Crippen molar-refractivity contribution in [3.63, 3.8) is 0 Å². The molecule has 1 aromatic carbocycles. The number of aliphatic imine (C=N–C) groups is 1. The Labute approximate surface area is 158 Å². The predicted molar refractivity (Wildman–Crippen MR) is 110 cm³/mol. The van der Waals surface area contributed by atoms with Crippen LogP contribution in [0, 0.1) is 6.92 Å². The number of aryl methyl sites for hydroxylation is 1. The lowest BCUT2D eigenvalue weighted by Crippen LogP contribution is -2.16. The third-order valence-electron chi connectivity index (χ3n) is 5.65. The van der Waals surface area contributed by atoms with Gasteiger partial charge in [0.15, 0.2) is 0 Å². The fourth-order valence-corrected chi connectivity index (χ4v) is 4.19. The van der Waals surface area contributed by atoms with E-state index in [0.29, 0.717) is 5.84 Å². The fraction of sp³-hybridized carbons (Fsp3) is 0.273. The summed E-state index contributed by atoms with van der Waals surface area (Å²) in [5, 5.41) is 4.60. The SMILES string of the molecule is C=C(c1cnn2c(C)cc(-c3ccc4c(c3)N=C(N)C4)cc12)N1CCCC1. The van der Waals surface area contributed by atoms with E-state index in [1.165, 1.54) is 24.0 Å². The third kappa shape index (κ3) is 2.62. The van der Waals surface area contributed by atoms with Crippen molar-refractivity contribution in [2.24, 2.45) is 10.7 Å². The van der Waals surface area contributed by atoms with Crippen LogP contribution in [0.15, 0.2) is 48.1 Å². The first-order valence-electron chi connectivity index (χ1n) is 9.49. The number of pyridine rings is 1. The average Bonchev–Trinajstić information content (AvgIpc) is 3.39. The second-order valence-electron chi connectivity index (χ2n) is 7.50. The highest BCUT2D eigenvalue weighted by Gasteiger charge is 2.19. The molecule has 2 aliphatic rings. The minimum Gasteiger partial charge on any atom is -0.387 e. The zero-order valence-electron chi connectivity index (χ0n) is 15.6. The minimum absolute atomic E-state index is 0.689. The van der Waals surface area contributed by atoms with E-state index in [1.807, 2.05) is 10.7 Å². The van der Waals surface area contributed by atoms with Gasteiger partial charge in [0.1, 0.15) is 5.84 Å². The monoisotopic (exact) mass is 357 g/mol. The summed E-state index contributed by atoms with van der Waals surface area (Å²) in [6.07, 6.45) is 5.17. The lowest BCUT2D eigenvalue weighted by atomic mass is 10.0. The Morgan fingerprint density at radius 2 is 1.93 bits per heavy atom. The predicted octanol–water partition coefficient (Wildman–Crippen LogP) is 3.92. The molecule has 0 spiro atoms. The lowest BCUT2D eigenvalue weighted by molar-refractivity contribution is 0.495. The van der Waals surface area contributed by atoms with E-state index in [4.69, 9.17) is 5.73 Å². The summed E-state index contributed by atoms with van der Waals surface area (Å²) in [4.78, 5) is 6.83. The van der Waals surface area contributed by atoms with Crippen LogP contribution >= 0.6 is 0 Å². The maximum absolute atomic E-state index is 5.90. The highest BCUT2D eigenvalue weighted by molar-refractivity contribution is 5.92. The van der Waals surface area contributed by atoms with E-state index >= 15 is 0 Å². The van der Waals surface area contributed by atoms with Gasteiger partial charge >= 0.3 is 0 Å². The molecular weight excluding hydrogens is 334 g/mol. The number of likely N-dealkylation sites (tertiary alicyclic amines) is 1. The Kier molecular flexibility index (Phi) is 3.57. The van der Waals surface area contributed by atoms with Gasteiger partial charge in [-0.3, -0.25) is 0 Å². The van der Waals surface area contributed by atoms with Crippen molar-refractivity contribution >= 4 is 22.7 Å². The molecule has 3 aromatic rings. The third-order valence-corrected chi connectivity index (χ3v) is 5.65. The Balaban J connectivity index is 1.61. The summed E-state index contributed by atoms with van der Waals surface area (Å²) in [5.41, 5.74) is 14.8. The molecule has 0 radical (unpaired) electrons. The molecule has 0 atom stereocenters. The maximum Gasteiger partial charge on any atom is 0.104 e. The molecular formula is C22H23N5. The molecule has 0 unspecified atom stereocenters. The van der Waals surface area contributed by atoms with Crippen LogP contribution in [-0.4, -0.2) is 33.4 Å². The number of fused-ring (bicyclic) bond motifs is 2. The summed E-state index contributed by atoms with van der Waals surface area (Å²) in [7, 11) is 0. The summed E-state index contributed by atoms with van der Waals surface area (Å²) >= 11 is 0. The average molecular weight is 357 g/mol. The molecule has 0 saturated carbocycles. The van der Waals surface area contributed by atoms with Crippen LogP contribution in [0.4, 0.5) is 5.69 Å². The van der Waals surface area contributed by atoms with Crippen molar-refractivity contribution in [3.8, 4) is 11.1 Å². The molecule has 136 valence electrons. The molecule has 1 saturated heterocycles. The standard InChI is InChI=1S/C22H23N5/c1-14-9-18(16-5-6-17-12-22(23)25-20(17)10-16)11-21-19(13-24-27(14)21)15(2)26-7-3-4-8-26/h5-6,9-11,13H,2-4,7-8,12H2,1H3,(H2,23,25). The van der Waals surface area contributed by atoms with Crippen LogP contribution in [0.25, 0.3) is 22.3 Å². The molecule has 2 N–H and O–H groups in total. The van der Waals surface area contributed by atoms with E-state index in [2.05, 4.69) is 58.8 Å². The van der Waals surface area contributed by atoms with Crippen LogP contribution in [0.2, 0.25) is 0 Å². The number of hydrogen-bond acceptors (Lipinski definition) is 4. The fourth-order valence-electron chi connectivity index (χ4n) is 4.19. The minimum atomic E-state index is 0.689. The van der Waals surface area contributed by atoms with E-state index in [0.717, 1.165) is 53.2 Å². The normalized spacial score (nSPS) is 16.0. The van der Waals surface area contributed by atoms with Crippen LogP contribution in [0.5, 0.6) is 0 Å². The Hall–Kier alpha value is -3.08. The number of benzene rings is 1. The molecule has 2 aliphatic heterocycles. The molecule has 5 rings (SSSR count). The van der Waals surface area contributed by atoms with Gasteiger partial charge in [-0.25, -0.2) is 9.51 Å². The van der Waals surface area contributed by atoms with Crippen molar-refractivity contribution < 1.29 is 0 Å². The molecule has 1 fully saturated rings. The van der Waals surface area contributed by atoms with Gasteiger partial charge in [0.25, 0.3) is 0 Å². The first-order chi connectivity index (χ1) is 13.1. The number of nitrogens with two attached hydrogens (primary N) is 1. The number of amidine groups is 1. The van der Waals surface area contributed by atoms with Crippen LogP contribution in [0.1, 0.15) is 29.7 Å². The maximum atomic E-state index is 5.90. The molecule has 4 heterocycles. The van der Waals surface area contributed by atoms with Crippen LogP contribution in [0.3, 0.4) is 0 Å². The van der Waals surface area contributed by atoms with Gasteiger partial charge in [-0.2, -0.15) is 5.10 Å². The van der Waals surface area contributed by atoms with Crippen LogP contribution in [-0.2, 0) is 6.42 Å². The smallest absolute Gasteiger partial charge is 0.104 e. The van der Waals surface area contributed by atoms with Crippen molar-refractivity contribution in [2.45, 2.75) is 26.2 Å². The van der Waals surface area contributed by atoms with Gasteiger partial charge in [-0.05, 0) is 54.7 Å². The van der Waals surface area contributed by atoms with Crippen molar-refractivity contribution in [1.82, 2.24) is 14.5 Å². The van der Waals surface area contributed by atoms with Gasteiger partial charge in [0.05, 0.1) is 17.4 Å².